The van der Waals surface area contributed by atoms with Crippen molar-refractivity contribution in [3.05, 3.63) is 71.3 Å². The lowest BCUT2D eigenvalue weighted by atomic mass is 10.0. The lowest BCUT2D eigenvalue weighted by Crippen LogP contribution is -1.99. The number of aliphatic carboxylic acids is 1. The molecule has 92 valence electrons. The zero-order chi connectivity index (χ0) is 13.7. The van der Waals surface area contributed by atoms with Crippen molar-refractivity contribution in [3.8, 4) is 6.07 Å². The molecule has 0 saturated carbocycles. The van der Waals surface area contributed by atoms with Gasteiger partial charge in [0.05, 0.1) is 17.2 Å². The van der Waals surface area contributed by atoms with Crippen molar-refractivity contribution in [2.24, 2.45) is 0 Å². The third kappa shape index (κ3) is 3.08. The second kappa shape index (κ2) is 5.65. The van der Waals surface area contributed by atoms with Gasteiger partial charge in [-0.3, -0.25) is 0 Å². The van der Waals surface area contributed by atoms with Crippen molar-refractivity contribution in [2.75, 3.05) is 0 Å². The van der Waals surface area contributed by atoms with Crippen LogP contribution in [0.25, 0.3) is 11.6 Å². The van der Waals surface area contributed by atoms with Crippen LogP contribution in [0.3, 0.4) is 0 Å². The van der Waals surface area contributed by atoms with Crippen LogP contribution >= 0.6 is 0 Å². The minimum atomic E-state index is -0.992. The second-order valence-electron chi connectivity index (χ2n) is 3.97. The van der Waals surface area contributed by atoms with Crippen molar-refractivity contribution in [1.82, 2.24) is 0 Å². The number of nitriles is 1. The van der Waals surface area contributed by atoms with E-state index in [1.807, 2.05) is 12.1 Å². The van der Waals surface area contributed by atoms with E-state index in [1.165, 1.54) is 0 Å². The minimum absolute atomic E-state index is 0.204. The summed E-state index contributed by atoms with van der Waals surface area (Å²) >= 11 is 0. The van der Waals surface area contributed by atoms with E-state index in [0.29, 0.717) is 16.7 Å². The third-order valence-electron chi connectivity index (χ3n) is 2.64. The number of carbonyl (C=O) groups is 1. The Balaban J connectivity index is 2.48. The molecule has 0 aliphatic carbocycles. The normalized spacial score (nSPS) is 10.8. The molecule has 2 aromatic carbocycles. The van der Waals surface area contributed by atoms with Crippen molar-refractivity contribution >= 4 is 17.6 Å². The molecule has 0 aliphatic heterocycles. The summed E-state index contributed by atoms with van der Waals surface area (Å²) in [6.07, 6.45) is 1.57. The lowest BCUT2D eigenvalue weighted by Gasteiger charge is -2.03. The summed E-state index contributed by atoms with van der Waals surface area (Å²) < 4.78 is 0. The minimum Gasteiger partial charge on any atom is -0.478 e. The fourth-order valence-electron chi connectivity index (χ4n) is 1.75. The highest BCUT2D eigenvalue weighted by molar-refractivity contribution is 6.20. The van der Waals surface area contributed by atoms with Crippen LogP contribution in [0.4, 0.5) is 0 Å². The van der Waals surface area contributed by atoms with Gasteiger partial charge in [0, 0.05) is 0 Å². The smallest absolute Gasteiger partial charge is 0.336 e. The topological polar surface area (TPSA) is 61.1 Å². The number of hydrogen-bond acceptors (Lipinski definition) is 2. The Morgan fingerprint density at radius 2 is 1.84 bits per heavy atom. The number of carboxylic acid groups (broad SMARTS) is 1. The summed E-state index contributed by atoms with van der Waals surface area (Å²) in [5.74, 6) is -0.992. The van der Waals surface area contributed by atoms with Crippen LogP contribution in [0.1, 0.15) is 16.7 Å². The van der Waals surface area contributed by atoms with Gasteiger partial charge in [-0.2, -0.15) is 5.26 Å². The van der Waals surface area contributed by atoms with Crippen LogP contribution in [-0.2, 0) is 4.79 Å². The van der Waals surface area contributed by atoms with Crippen LogP contribution in [0.15, 0.2) is 54.6 Å². The number of benzene rings is 2. The third-order valence-corrected chi connectivity index (χ3v) is 2.64. The maximum Gasteiger partial charge on any atom is 0.336 e. The highest BCUT2D eigenvalue weighted by atomic mass is 16.4. The predicted molar refractivity (Wildman–Crippen MR) is 73.1 cm³/mol. The highest BCUT2D eigenvalue weighted by Gasteiger charge is 2.09. The Bertz CT molecular complexity index is 667. The average molecular weight is 249 g/mol. The van der Waals surface area contributed by atoms with Crippen LogP contribution in [0, 0.1) is 11.3 Å². The monoisotopic (exact) mass is 249 g/mol. The highest BCUT2D eigenvalue weighted by Crippen LogP contribution is 2.19. The molecule has 0 aromatic heterocycles. The van der Waals surface area contributed by atoms with Crippen molar-refractivity contribution < 1.29 is 9.90 Å². The molecular formula is C16H11NO2. The van der Waals surface area contributed by atoms with E-state index in [0.717, 1.165) is 0 Å². The number of hydrogen-bond donors (Lipinski definition) is 1. The molecule has 0 amide bonds. The van der Waals surface area contributed by atoms with Gasteiger partial charge in [0.1, 0.15) is 0 Å². The molecule has 0 radical (unpaired) electrons. The van der Waals surface area contributed by atoms with Crippen molar-refractivity contribution in [1.29, 1.82) is 5.26 Å². The molecule has 3 nitrogen and oxygen atoms in total. The summed E-state index contributed by atoms with van der Waals surface area (Å²) in [4.78, 5) is 11.3. The van der Waals surface area contributed by atoms with E-state index in [-0.39, 0.29) is 5.57 Å². The SMILES string of the molecule is N#Cc1cccc(/C=C(\C(=O)O)c2ccccc2)c1. The van der Waals surface area contributed by atoms with E-state index in [2.05, 4.69) is 0 Å². The maximum atomic E-state index is 11.3. The Morgan fingerprint density at radius 1 is 1.11 bits per heavy atom. The van der Waals surface area contributed by atoms with Crippen LogP contribution in [0.2, 0.25) is 0 Å². The molecule has 3 heteroatoms. The van der Waals surface area contributed by atoms with Gasteiger partial charge in [0.25, 0.3) is 0 Å². The van der Waals surface area contributed by atoms with Crippen LogP contribution in [0.5, 0.6) is 0 Å². The molecule has 0 aliphatic rings. The maximum absolute atomic E-state index is 11.3. The van der Waals surface area contributed by atoms with Gasteiger partial charge < -0.3 is 5.11 Å². The summed E-state index contributed by atoms with van der Waals surface area (Å²) in [6, 6.07) is 17.8. The lowest BCUT2D eigenvalue weighted by molar-refractivity contribution is -0.130. The number of carboxylic acids is 1. The fraction of sp³-hybridized carbons (Fsp3) is 0. The molecule has 2 rings (SSSR count). The molecule has 0 fully saturated rings. The van der Waals surface area contributed by atoms with Crippen molar-refractivity contribution in [3.63, 3.8) is 0 Å². The Kier molecular flexibility index (Phi) is 3.75. The molecular weight excluding hydrogens is 238 g/mol. The largest absolute Gasteiger partial charge is 0.478 e. The zero-order valence-corrected chi connectivity index (χ0v) is 10.1. The fourth-order valence-corrected chi connectivity index (χ4v) is 1.75. The summed E-state index contributed by atoms with van der Waals surface area (Å²) in [7, 11) is 0. The van der Waals surface area contributed by atoms with E-state index < -0.39 is 5.97 Å². The summed E-state index contributed by atoms with van der Waals surface area (Å²) in [5.41, 5.74) is 2.04. The van der Waals surface area contributed by atoms with Gasteiger partial charge >= 0.3 is 5.97 Å². The van der Waals surface area contributed by atoms with Crippen LogP contribution < -0.4 is 0 Å². The van der Waals surface area contributed by atoms with Gasteiger partial charge in [0.2, 0.25) is 0 Å². The molecule has 0 spiro atoms. The average Bonchev–Trinajstić information content (AvgIpc) is 2.45. The molecule has 19 heavy (non-hydrogen) atoms. The molecule has 1 N–H and O–H groups in total. The Morgan fingerprint density at radius 3 is 2.47 bits per heavy atom. The van der Waals surface area contributed by atoms with E-state index >= 15 is 0 Å². The second-order valence-corrected chi connectivity index (χ2v) is 3.97. The predicted octanol–water partition coefficient (Wildman–Crippen LogP) is 3.18. The van der Waals surface area contributed by atoms with Gasteiger partial charge in [0.15, 0.2) is 0 Å². The summed E-state index contributed by atoms with van der Waals surface area (Å²) in [6.45, 7) is 0. The molecule has 0 saturated heterocycles. The number of rotatable bonds is 3. The molecule has 0 heterocycles. The van der Waals surface area contributed by atoms with Gasteiger partial charge in [-0.15, -0.1) is 0 Å². The van der Waals surface area contributed by atoms with Gasteiger partial charge in [-0.05, 0) is 29.3 Å². The Labute approximate surface area is 111 Å². The first kappa shape index (κ1) is 12.6. The molecule has 0 bridgehead atoms. The zero-order valence-electron chi connectivity index (χ0n) is 10.1. The van der Waals surface area contributed by atoms with Crippen LogP contribution in [-0.4, -0.2) is 11.1 Å². The Hall–Kier alpha value is -2.86. The number of nitrogens with zero attached hydrogens (tertiary/aromatic N) is 1. The van der Waals surface area contributed by atoms with Gasteiger partial charge in [-0.25, -0.2) is 4.79 Å². The van der Waals surface area contributed by atoms with E-state index in [1.54, 1.807) is 54.6 Å². The first-order valence-corrected chi connectivity index (χ1v) is 5.71. The molecule has 2 aromatic rings. The van der Waals surface area contributed by atoms with E-state index in [9.17, 15) is 9.90 Å². The van der Waals surface area contributed by atoms with Crippen molar-refractivity contribution in [2.45, 2.75) is 0 Å². The quantitative estimate of drug-likeness (QED) is 0.671. The molecule has 0 unspecified atom stereocenters. The standard InChI is InChI=1S/C16H11NO2/c17-11-13-6-4-5-12(9-13)10-15(16(18)19)14-7-2-1-3-8-14/h1-10H,(H,18,19)/b15-10-. The summed E-state index contributed by atoms with van der Waals surface area (Å²) in [5, 5.41) is 18.1. The van der Waals surface area contributed by atoms with Gasteiger partial charge in [-0.1, -0.05) is 42.5 Å². The first-order chi connectivity index (χ1) is 9.20. The van der Waals surface area contributed by atoms with E-state index in [4.69, 9.17) is 5.26 Å². The molecule has 0 atom stereocenters. The first-order valence-electron chi connectivity index (χ1n) is 5.71.